The molecule has 7 rings (SSSR count). The molecule has 40 heavy (non-hydrogen) atoms. The summed E-state index contributed by atoms with van der Waals surface area (Å²) in [7, 11) is 1.36. The summed E-state index contributed by atoms with van der Waals surface area (Å²) in [4.78, 5) is 46.7. The summed E-state index contributed by atoms with van der Waals surface area (Å²) in [6.07, 6.45) is 7.08. The largest absolute Gasteiger partial charge is 0.469 e. The number of benzene rings is 3. The van der Waals surface area contributed by atoms with E-state index in [0.29, 0.717) is 11.4 Å². The van der Waals surface area contributed by atoms with E-state index < -0.39 is 47.2 Å². The zero-order valence-electron chi connectivity index (χ0n) is 21.8. The van der Waals surface area contributed by atoms with Crippen molar-refractivity contribution in [3.05, 3.63) is 115 Å². The third-order valence-corrected chi connectivity index (χ3v) is 8.52. The molecule has 8 heteroatoms. The summed E-state index contributed by atoms with van der Waals surface area (Å²) in [5.41, 5.74) is -0.621. The fraction of sp³-hybridized carbons (Fsp3) is 0.219. The minimum atomic E-state index is -1.40. The number of para-hydroxylation sites is 2. The first-order valence-corrected chi connectivity index (χ1v) is 13.3. The molecule has 3 aromatic rings. The molecular formula is C32H27N3O5. The Kier molecular flexibility index (Phi) is 5.43. The molecule has 1 spiro atoms. The smallest absolute Gasteiger partial charge is 0.339 e. The summed E-state index contributed by atoms with van der Waals surface area (Å²) in [6.45, 7) is 0.193. The van der Waals surface area contributed by atoms with Crippen LogP contribution in [0.4, 0.5) is 21.0 Å². The van der Waals surface area contributed by atoms with Crippen molar-refractivity contribution in [1.82, 2.24) is 4.90 Å². The van der Waals surface area contributed by atoms with Crippen LogP contribution in [0.5, 0.6) is 0 Å². The number of nitrogens with zero attached hydrogens (tertiary/aromatic N) is 3. The van der Waals surface area contributed by atoms with E-state index in [0.717, 1.165) is 5.56 Å². The van der Waals surface area contributed by atoms with E-state index in [1.54, 1.807) is 34.1 Å². The highest BCUT2D eigenvalue weighted by molar-refractivity contribution is 6.22. The number of urea groups is 2. The van der Waals surface area contributed by atoms with Gasteiger partial charge in [0.2, 0.25) is 0 Å². The van der Waals surface area contributed by atoms with Gasteiger partial charge in [-0.15, -0.1) is 0 Å². The minimum Gasteiger partial charge on any atom is -0.469 e. The van der Waals surface area contributed by atoms with Crippen LogP contribution in [0.2, 0.25) is 0 Å². The third-order valence-electron chi connectivity index (χ3n) is 8.52. The molecule has 3 saturated heterocycles. The maximum absolute atomic E-state index is 14.6. The zero-order valence-corrected chi connectivity index (χ0v) is 21.8. The summed E-state index contributed by atoms with van der Waals surface area (Å²) in [6, 6.07) is 26.9. The fourth-order valence-electron chi connectivity index (χ4n) is 6.88. The average molecular weight is 534 g/mol. The maximum Gasteiger partial charge on any atom is 0.339 e. The molecule has 5 atom stereocenters. The number of rotatable bonds is 5. The molecule has 0 radical (unpaired) electrons. The molecule has 2 bridgehead atoms. The maximum atomic E-state index is 14.6. The van der Waals surface area contributed by atoms with Crippen molar-refractivity contribution in [2.24, 2.45) is 11.8 Å². The second-order valence-corrected chi connectivity index (χ2v) is 10.4. The van der Waals surface area contributed by atoms with Gasteiger partial charge in [0.15, 0.2) is 5.66 Å². The Hall–Kier alpha value is -4.69. The van der Waals surface area contributed by atoms with Gasteiger partial charge in [-0.25, -0.2) is 14.5 Å². The number of hydrogen-bond acceptors (Lipinski definition) is 5. The molecule has 0 N–H and O–H groups in total. The summed E-state index contributed by atoms with van der Waals surface area (Å²) >= 11 is 0. The first-order valence-electron chi connectivity index (χ1n) is 13.3. The van der Waals surface area contributed by atoms with Crippen LogP contribution in [0.1, 0.15) is 5.56 Å². The molecular weight excluding hydrogens is 506 g/mol. The number of esters is 1. The molecule has 4 aliphatic rings. The molecule has 3 fully saturated rings. The van der Waals surface area contributed by atoms with Gasteiger partial charge < -0.3 is 9.47 Å². The fourth-order valence-corrected chi connectivity index (χ4v) is 6.88. The predicted octanol–water partition coefficient (Wildman–Crippen LogP) is 5.09. The van der Waals surface area contributed by atoms with E-state index in [-0.39, 0.29) is 6.54 Å². The highest BCUT2D eigenvalue weighted by Gasteiger charge is 2.78. The highest BCUT2D eigenvalue weighted by atomic mass is 16.5. The molecule has 4 amide bonds. The number of carbonyl (C=O) groups excluding carboxylic acids is 3. The Morgan fingerprint density at radius 3 is 2.17 bits per heavy atom. The lowest BCUT2D eigenvalue weighted by atomic mass is 9.71. The molecule has 4 aliphatic heterocycles. The van der Waals surface area contributed by atoms with Crippen molar-refractivity contribution in [1.29, 1.82) is 0 Å². The molecule has 3 aromatic carbocycles. The van der Waals surface area contributed by atoms with E-state index in [1.165, 1.54) is 12.0 Å². The first-order chi connectivity index (χ1) is 19.5. The van der Waals surface area contributed by atoms with Crippen molar-refractivity contribution in [2.75, 3.05) is 23.5 Å². The van der Waals surface area contributed by atoms with E-state index >= 15 is 0 Å². The Morgan fingerprint density at radius 1 is 0.900 bits per heavy atom. The van der Waals surface area contributed by atoms with Gasteiger partial charge in [0, 0.05) is 18.2 Å². The number of carbonyl (C=O) groups is 3. The van der Waals surface area contributed by atoms with Gasteiger partial charge in [0.1, 0.15) is 5.60 Å². The molecule has 0 aromatic heterocycles. The van der Waals surface area contributed by atoms with Crippen LogP contribution >= 0.6 is 0 Å². The lowest BCUT2D eigenvalue weighted by Crippen LogP contribution is -2.77. The van der Waals surface area contributed by atoms with Crippen molar-refractivity contribution in [3.63, 3.8) is 0 Å². The number of anilines is 2. The first kappa shape index (κ1) is 24.4. The van der Waals surface area contributed by atoms with Gasteiger partial charge in [-0.3, -0.25) is 14.6 Å². The summed E-state index contributed by atoms with van der Waals surface area (Å²) < 4.78 is 11.9. The molecule has 200 valence electrons. The standard InChI is InChI=1S/C32H27N3O5/c1-39-28(36)27-25-21-33-29(37)34(23-13-7-3-8-14-23)30(38)35(24-15-9-4-10-16-24)32(33,31(25)19-18-26(27)40-31)20-17-22-11-5-2-6-12-22/h2-20,25-27H,21H2,1H3/b20-17+/t25-,26?,27-,31+,32+/m1/s1. The van der Waals surface area contributed by atoms with Crippen LogP contribution < -0.4 is 9.80 Å². The molecule has 0 saturated carbocycles. The predicted molar refractivity (Wildman–Crippen MR) is 149 cm³/mol. The zero-order chi connectivity index (χ0) is 27.5. The Bertz CT molecular complexity index is 1540. The van der Waals surface area contributed by atoms with Gasteiger partial charge in [-0.05, 0) is 42.0 Å². The normalized spacial score (nSPS) is 30.2. The number of amides is 4. The minimum absolute atomic E-state index is 0.193. The van der Waals surface area contributed by atoms with Crippen molar-refractivity contribution in [3.8, 4) is 0 Å². The number of imide groups is 1. The Balaban J connectivity index is 1.50. The second kappa shape index (κ2) is 8.93. The second-order valence-electron chi connectivity index (χ2n) is 10.4. The molecule has 1 unspecified atom stereocenters. The lowest BCUT2D eigenvalue weighted by Gasteiger charge is -2.55. The van der Waals surface area contributed by atoms with Gasteiger partial charge in [-0.2, -0.15) is 0 Å². The quantitative estimate of drug-likeness (QED) is 0.337. The van der Waals surface area contributed by atoms with E-state index in [2.05, 4.69) is 0 Å². The molecule has 4 heterocycles. The van der Waals surface area contributed by atoms with Gasteiger partial charge in [0.25, 0.3) is 0 Å². The number of hydrogen-bond donors (Lipinski definition) is 0. The van der Waals surface area contributed by atoms with Crippen LogP contribution in [0.15, 0.2) is 109 Å². The lowest BCUT2D eigenvalue weighted by molar-refractivity contribution is -0.147. The average Bonchev–Trinajstić information content (AvgIpc) is 3.65. The molecule has 0 aliphatic carbocycles. The SMILES string of the molecule is COC(=O)[C@H]1C2C=C[C@]3(O2)[C@@H]1CN1C(=O)N(c2ccccc2)C(=O)N(c2ccccc2)[C@]13/C=C/c1ccccc1. The van der Waals surface area contributed by atoms with Crippen molar-refractivity contribution in [2.45, 2.75) is 17.4 Å². The summed E-state index contributed by atoms with van der Waals surface area (Å²) in [5, 5.41) is 0. The topological polar surface area (TPSA) is 79.4 Å². The number of fused-ring (bicyclic) bond motifs is 2. The Labute approximate surface area is 231 Å². The van der Waals surface area contributed by atoms with Crippen LogP contribution in [-0.2, 0) is 14.3 Å². The number of ether oxygens (including phenoxy) is 2. The highest BCUT2D eigenvalue weighted by Crippen LogP contribution is 2.62. The van der Waals surface area contributed by atoms with E-state index in [1.807, 2.05) is 91.0 Å². The third kappa shape index (κ3) is 3.14. The Morgan fingerprint density at radius 2 is 1.52 bits per heavy atom. The van der Waals surface area contributed by atoms with E-state index in [9.17, 15) is 14.4 Å². The van der Waals surface area contributed by atoms with E-state index in [4.69, 9.17) is 9.47 Å². The van der Waals surface area contributed by atoms with Crippen LogP contribution in [0.3, 0.4) is 0 Å². The summed E-state index contributed by atoms with van der Waals surface area (Å²) in [5.74, 6) is -1.45. The van der Waals surface area contributed by atoms with Gasteiger partial charge >= 0.3 is 18.0 Å². The van der Waals surface area contributed by atoms with Crippen LogP contribution in [-0.4, -0.2) is 54.0 Å². The van der Waals surface area contributed by atoms with Gasteiger partial charge in [-0.1, -0.05) is 78.9 Å². The monoisotopic (exact) mass is 533 g/mol. The van der Waals surface area contributed by atoms with Crippen LogP contribution in [0.25, 0.3) is 6.08 Å². The van der Waals surface area contributed by atoms with Crippen molar-refractivity contribution >= 4 is 35.5 Å². The van der Waals surface area contributed by atoms with Crippen LogP contribution in [0, 0.1) is 11.8 Å². The van der Waals surface area contributed by atoms with Gasteiger partial charge in [0.05, 0.1) is 24.8 Å². The molecule has 8 nitrogen and oxygen atoms in total. The number of methoxy groups -OCH3 is 1. The van der Waals surface area contributed by atoms with Crippen molar-refractivity contribution < 1.29 is 23.9 Å².